The van der Waals surface area contributed by atoms with E-state index in [1.54, 1.807) is 0 Å². The van der Waals surface area contributed by atoms with Crippen LogP contribution in [0.15, 0.2) is 24.3 Å². The molecule has 26 heavy (non-hydrogen) atoms. The van der Waals surface area contributed by atoms with Gasteiger partial charge in [0.05, 0.1) is 0 Å². The average Bonchev–Trinajstić information content (AvgIpc) is 2.50. The first-order chi connectivity index (χ1) is 12.2. The molecule has 2 aromatic rings. The van der Waals surface area contributed by atoms with Crippen LogP contribution in [0, 0.1) is 23.7 Å². The van der Waals surface area contributed by atoms with Gasteiger partial charge in [0.2, 0.25) is 23.7 Å². The van der Waals surface area contributed by atoms with Crippen LogP contribution in [0.5, 0.6) is 11.6 Å². The molecule has 0 unspecified atom stereocenters. The molecule has 0 aromatic carbocycles. The molecule has 2 heterocycles. The standard InChI is InChI=1S/2C7H5F4NO/c8-5(9)3-13-4-1-6(10)12-7(11)2-4;8-4-1-6(11)12-7(2-4)13-3-5(9)10/h2*1-2,5H,3H2. The molecule has 0 aliphatic rings. The highest BCUT2D eigenvalue weighted by Crippen LogP contribution is 2.13. The van der Waals surface area contributed by atoms with Gasteiger partial charge in [-0.2, -0.15) is 23.1 Å². The van der Waals surface area contributed by atoms with E-state index in [4.69, 9.17) is 0 Å². The van der Waals surface area contributed by atoms with E-state index in [2.05, 4.69) is 19.4 Å². The highest BCUT2D eigenvalue weighted by atomic mass is 19.3. The summed E-state index contributed by atoms with van der Waals surface area (Å²) in [7, 11) is 0. The molecule has 12 heteroatoms. The fourth-order valence-corrected chi connectivity index (χ4v) is 1.35. The Kier molecular flexibility index (Phi) is 8.52. The maximum Gasteiger partial charge on any atom is 0.272 e. The summed E-state index contributed by atoms with van der Waals surface area (Å²) < 4.78 is 104. The molecule has 0 aliphatic carbocycles. The number of alkyl halides is 4. The molecule has 0 amide bonds. The van der Waals surface area contributed by atoms with Gasteiger partial charge in [-0.05, 0) is 0 Å². The summed E-state index contributed by atoms with van der Waals surface area (Å²) in [5.74, 6) is -5.03. The molecular weight excluding hydrogens is 380 g/mol. The molecule has 0 saturated carbocycles. The van der Waals surface area contributed by atoms with Gasteiger partial charge < -0.3 is 9.47 Å². The molecule has 144 valence electrons. The summed E-state index contributed by atoms with van der Waals surface area (Å²) in [5, 5.41) is 0. The third-order valence-electron chi connectivity index (χ3n) is 2.20. The lowest BCUT2D eigenvalue weighted by Crippen LogP contribution is -2.08. The molecule has 0 bridgehead atoms. The van der Waals surface area contributed by atoms with Crippen molar-refractivity contribution in [2.45, 2.75) is 12.9 Å². The van der Waals surface area contributed by atoms with Crippen molar-refractivity contribution in [2.24, 2.45) is 0 Å². The number of aromatic nitrogens is 2. The molecule has 0 atom stereocenters. The fourth-order valence-electron chi connectivity index (χ4n) is 1.35. The Morgan fingerprint density at radius 2 is 1.19 bits per heavy atom. The first-order valence-corrected chi connectivity index (χ1v) is 6.63. The normalized spacial score (nSPS) is 10.5. The third kappa shape index (κ3) is 8.99. The van der Waals surface area contributed by atoms with E-state index >= 15 is 0 Å². The molecule has 0 spiro atoms. The van der Waals surface area contributed by atoms with E-state index in [0.717, 1.165) is 18.2 Å². The van der Waals surface area contributed by atoms with E-state index in [1.165, 1.54) is 0 Å². The lowest BCUT2D eigenvalue weighted by Gasteiger charge is -2.04. The van der Waals surface area contributed by atoms with Crippen LogP contribution in [-0.4, -0.2) is 36.0 Å². The molecule has 2 aromatic heterocycles. The van der Waals surface area contributed by atoms with Crippen LogP contribution >= 0.6 is 0 Å². The average molecular weight is 390 g/mol. The first kappa shape index (κ1) is 21.4. The molecule has 2 rings (SSSR count). The summed E-state index contributed by atoms with van der Waals surface area (Å²) >= 11 is 0. The van der Waals surface area contributed by atoms with Crippen LogP contribution in [0.1, 0.15) is 0 Å². The van der Waals surface area contributed by atoms with Crippen LogP contribution in [0.3, 0.4) is 0 Å². The Bertz CT molecular complexity index is 603. The van der Waals surface area contributed by atoms with E-state index in [9.17, 15) is 35.1 Å². The summed E-state index contributed by atoms with van der Waals surface area (Å²) in [4.78, 5) is 5.80. The van der Waals surface area contributed by atoms with Crippen LogP contribution in [0.4, 0.5) is 35.1 Å². The predicted molar refractivity (Wildman–Crippen MR) is 71.3 cm³/mol. The minimum Gasteiger partial charge on any atom is -0.487 e. The van der Waals surface area contributed by atoms with Gasteiger partial charge >= 0.3 is 0 Å². The lowest BCUT2D eigenvalue weighted by atomic mass is 10.4. The molecule has 0 fully saturated rings. The Hall–Kier alpha value is -2.66. The van der Waals surface area contributed by atoms with Crippen LogP contribution in [0.25, 0.3) is 0 Å². The monoisotopic (exact) mass is 390 g/mol. The highest BCUT2D eigenvalue weighted by Gasteiger charge is 2.07. The zero-order chi connectivity index (χ0) is 19.7. The number of hydrogen-bond donors (Lipinski definition) is 0. The Morgan fingerprint density at radius 3 is 1.69 bits per heavy atom. The van der Waals surface area contributed by atoms with E-state index in [1.807, 2.05) is 0 Å². The first-order valence-electron chi connectivity index (χ1n) is 6.63. The summed E-state index contributed by atoms with van der Waals surface area (Å²) in [6.07, 6.45) is -5.38. The molecule has 0 N–H and O–H groups in total. The van der Waals surface area contributed by atoms with Gasteiger partial charge in [0.15, 0.2) is 6.61 Å². The second-order valence-corrected chi connectivity index (χ2v) is 4.30. The fraction of sp³-hybridized carbons (Fsp3) is 0.286. The van der Waals surface area contributed by atoms with E-state index in [0.29, 0.717) is 6.07 Å². The largest absolute Gasteiger partial charge is 0.487 e. The van der Waals surface area contributed by atoms with Gasteiger partial charge in [0, 0.05) is 24.3 Å². The van der Waals surface area contributed by atoms with Gasteiger partial charge in [-0.1, -0.05) is 0 Å². The smallest absolute Gasteiger partial charge is 0.272 e. The predicted octanol–water partition coefficient (Wildman–Crippen LogP) is 4.01. The number of hydrogen-bond acceptors (Lipinski definition) is 4. The minimum atomic E-state index is -2.70. The van der Waals surface area contributed by atoms with Gasteiger partial charge in [-0.15, -0.1) is 0 Å². The Balaban J connectivity index is 0.000000260. The molecule has 0 radical (unpaired) electrons. The van der Waals surface area contributed by atoms with Crippen LogP contribution in [-0.2, 0) is 0 Å². The SMILES string of the molecule is Fc1cc(F)nc(OCC(F)F)c1.Fc1cc(OCC(F)F)cc(F)n1. The van der Waals surface area contributed by atoms with Gasteiger partial charge in [0.1, 0.15) is 18.2 Å². The number of pyridine rings is 2. The zero-order valence-corrected chi connectivity index (χ0v) is 12.6. The third-order valence-corrected chi connectivity index (χ3v) is 2.20. The van der Waals surface area contributed by atoms with Crippen molar-refractivity contribution in [1.82, 2.24) is 9.97 Å². The van der Waals surface area contributed by atoms with Crippen molar-refractivity contribution < 1.29 is 44.6 Å². The quantitative estimate of drug-likeness (QED) is 0.553. The summed E-state index contributed by atoms with van der Waals surface area (Å²) in [5.41, 5.74) is 0. The molecular formula is C14H10F8N2O2. The Morgan fingerprint density at radius 1 is 0.692 bits per heavy atom. The van der Waals surface area contributed by atoms with Crippen molar-refractivity contribution in [3.63, 3.8) is 0 Å². The number of halogens is 8. The molecule has 0 aliphatic heterocycles. The van der Waals surface area contributed by atoms with Gasteiger partial charge in [0.25, 0.3) is 12.9 Å². The van der Waals surface area contributed by atoms with Crippen LogP contribution in [0.2, 0.25) is 0 Å². The molecule has 0 saturated heterocycles. The second-order valence-electron chi connectivity index (χ2n) is 4.30. The number of ether oxygens (including phenoxy) is 2. The van der Waals surface area contributed by atoms with Crippen LogP contribution < -0.4 is 9.47 Å². The van der Waals surface area contributed by atoms with Gasteiger partial charge in [-0.25, -0.2) is 22.0 Å². The van der Waals surface area contributed by atoms with Crippen molar-refractivity contribution in [1.29, 1.82) is 0 Å². The van der Waals surface area contributed by atoms with E-state index < -0.39 is 55.6 Å². The molecule has 4 nitrogen and oxygen atoms in total. The second kappa shape index (κ2) is 10.4. The van der Waals surface area contributed by atoms with Crippen molar-refractivity contribution in [3.05, 3.63) is 47.9 Å². The van der Waals surface area contributed by atoms with Crippen molar-refractivity contribution >= 4 is 0 Å². The summed E-state index contributed by atoms with van der Waals surface area (Å²) in [6.45, 7) is -1.83. The highest BCUT2D eigenvalue weighted by molar-refractivity contribution is 5.18. The lowest BCUT2D eigenvalue weighted by molar-refractivity contribution is 0.0788. The summed E-state index contributed by atoms with van der Waals surface area (Å²) in [6, 6.07) is 2.71. The minimum absolute atomic E-state index is 0.301. The maximum absolute atomic E-state index is 12.4. The maximum atomic E-state index is 12.4. The zero-order valence-electron chi connectivity index (χ0n) is 12.6. The Labute approximate surface area is 141 Å². The topological polar surface area (TPSA) is 44.2 Å². The number of rotatable bonds is 6. The van der Waals surface area contributed by atoms with Crippen molar-refractivity contribution in [2.75, 3.05) is 13.2 Å². The number of nitrogens with zero attached hydrogens (tertiary/aromatic N) is 2. The van der Waals surface area contributed by atoms with Crippen molar-refractivity contribution in [3.8, 4) is 11.6 Å². The van der Waals surface area contributed by atoms with Gasteiger partial charge in [-0.3, -0.25) is 0 Å². The van der Waals surface area contributed by atoms with E-state index in [-0.39, 0.29) is 5.75 Å².